The molecule has 2 amide bonds. The summed E-state index contributed by atoms with van der Waals surface area (Å²) in [5, 5.41) is 11.0. The Kier molecular flexibility index (Phi) is 4.32. The van der Waals surface area contributed by atoms with E-state index in [2.05, 4.69) is 19.9 Å². The molecule has 0 aliphatic carbocycles. The minimum absolute atomic E-state index is 0.0459. The second kappa shape index (κ2) is 6.62. The molecule has 7 nitrogen and oxygen atoms in total. The van der Waals surface area contributed by atoms with E-state index in [9.17, 15) is 9.59 Å². The van der Waals surface area contributed by atoms with Crippen molar-refractivity contribution in [3.05, 3.63) is 43.5 Å². The first-order valence-corrected chi connectivity index (χ1v) is 10.1. The third kappa shape index (κ3) is 3.20. The van der Waals surface area contributed by atoms with E-state index in [1.54, 1.807) is 23.3 Å². The average molecular weight is 392 g/mol. The molecular weight excluding hydrogens is 378 g/mol. The number of rotatable bonds is 3. The maximum absolute atomic E-state index is 12.6. The van der Waals surface area contributed by atoms with Crippen LogP contribution in [0.1, 0.15) is 36.3 Å². The van der Waals surface area contributed by atoms with Gasteiger partial charge in [-0.25, -0.2) is 4.98 Å². The minimum atomic E-state index is -0.161. The number of aromatic nitrogens is 3. The van der Waals surface area contributed by atoms with E-state index in [-0.39, 0.29) is 11.8 Å². The van der Waals surface area contributed by atoms with Gasteiger partial charge in [-0.3, -0.25) is 14.9 Å². The molecule has 0 saturated carbocycles. The summed E-state index contributed by atoms with van der Waals surface area (Å²) in [6.45, 7) is 2.89. The van der Waals surface area contributed by atoms with E-state index in [1.807, 2.05) is 5.38 Å². The number of thiophene rings is 1. The Hall–Kier alpha value is -2.17. The number of nitrogens with one attached hydrogen (secondary N) is 1. The molecule has 1 N–H and O–H groups in total. The second-order valence-corrected chi connectivity index (χ2v) is 8.14. The van der Waals surface area contributed by atoms with Crippen molar-refractivity contribution in [3.63, 3.8) is 0 Å². The van der Waals surface area contributed by atoms with Crippen LogP contribution in [0.4, 0.5) is 5.13 Å². The van der Waals surface area contributed by atoms with Gasteiger partial charge in [-0.2, -0.15) is 11.3 Å². The monoisotopic (exact) mass is 391 g/mol. The molecule has 0 spiro atoms. The third-order valence-corrected chi connectivity index (χ3v) is 6.37. The van der Waals surface area contributed by atoms with E-state index in [0.717, 1.165) is 22.1 Å². The number of amides is 2. The molecule has 0 unspecified atom stereocenters. The van der Waals surface area contributed by atoms with E-state index in [4.69, 9.17) is 0 Å². The molecule has 0 bridgehead atoms. The van der Waals surface area contributed by atoms with Gasteiger partial charge in [-0.05, 0) is 29.9 Å². The highest BCUT2D eigenvalue weighted by Gasteiger charge is 2.27. The first kappa shape index (κ1) is 16.3. The second-order valence-electron chi connectivity index (χ2n) is 5.52. The Labute approximate surface area is 155 Å². The van der Waals surface area contributed by atoms with Gasteiger partial charge >= 0.3 is 0 Å². The number of aryl methyl sites for hydroxylation is 1. The maximum Gasteiger partial charge on any atom is 0.267 e. The van der Waals surface area contributed by atoms with Crippen LogP contribution in [0, 0.1) is 6.92 Å². The number of carbonyl (C=O) groups excluding carboxylic acids is 2. The van der Waals surface area contributed by atoms with E-state index in [0.29, 0.717) is 40.8 Å². The first-order valence-electron chi connectivity index (χ1n) is 7.52. The number of fused-ring (bicyclic) bond motifs is 1. The van der Waals surface area contributed by atoms with Crippen LogP contribution in [0.3, 0.4) is 0 Å². The number of carbonyl (C=O) groups is 2. The van der Waals surface area contributed by atoms with E-state index >= 15 is 0 Å². The summed E-state index contributed by atoms with van der Waals surface area (Å²) in [6.07, 6.45) is 0.678. The van der Waals surface area contributed by atoms with Crippen molar-refractivity contribution in [2.24, 2.45) is 0 Å². The molecule has 1 aliphatic rings. The van der Waals surface area contributed by atoms with Crippen molar-refractivity contribution < 1.29 is 9.59 Å². The highest BCUT2D eigenvalue weighted by Crippen LogP contribution is 2.30. The number of hydrogen-bond acceptors (Lipinski definition) is 8. The molecule has 1 aliphatic heterocycles. The molecule has 4 rings (SSSR count). The lowest BCUT2D eigenvalue weighted by Crippen LogP contribution is -2.35. The number of hydrogen-bond donors (Lipinski definition) is 1. The lowest BCUT2D eigenvalue weighted by atomic mass is 10.1. The zero-order chi connectivity index (χ0) is 17.4. The summed E-state index contributed by atoms with van der Waals surface area (Å²) < 4.78 is 3.83. The summed E-state index contributed by atoms with van der Waals surface area (Å²) in [5.41, 5.74) is 2.24. The summed E-state index contributed by atoms with van der Waals surface area (Å²) >= 11 is 4.02. The summed E-state index contributed by atoms with van der Waals surface area (Å²) in [7, 11) is 0. The fourth-order valence-electron chi connectivity index (χ4n) is 2.56. The summed E-state index contributed by atoms with van der Waals surface area (Å²) in [6, 6.07) is 1.78. The molecule has 0 atom stereocenters. The van der Waals surface area contributed by atoms with Gasteiger partial charge in [0.05, 0.1) is 23.5 Å². The van der Waals surface area contributed by atoms with Gasteiger partial charge < -0.3 is 4.90 Å². The van der Waals surface area contributed by atoms with Crippen LogP contribution < -0.4 is 5.32 Å². The zero-order valence-electron chi connectivity index (χ0n) is 13.2. The van der Waals surface area contributed by atoms with Crippen molar-refractivity contribution >= 4 is 51.2 Å². The molecule has 128 valence electrons. The van der Waals surface area contributed by atoms with E-state index < -0.39 is 0 Å². The van der Waals surface area contributed by atoms with Crippen molar-refractivity contribution in [2.45, 2.75) is 19.9 Å². The quantitative estimate of drug-likeness (QED) is 0.742. The van der Waals surface area contributed by atoms with Crippen molar-refractivity contribution in [1.82, 2.24) is 19.5 Å². The molecule has 3 aromatic rings. The number of anilines is 1. The SMILES string of the molecule is Cc1nnsc1C(=O)N1CCc2nc(NC(=O)c3ccsc3)sc2C1. The summed E-state index contributed by atoms with van der Waals surface area (Å²) in [5.74, 6) is -0.206. The first-order chi connectivity index (χ1) is 12.1. The molecular formula is C15H13N5O2S3. The zero-order valence-corrected chi connectivity index (χ0v) is 15.6. The normalized spacial score (nSPS) is 13.6. The molecule has 4 heterocycles. The highest BCUT2D eigenvalue weighted by atomic mass is 32.1. The highest BCUT2D eigenvalue weighted by molar-refractivity contribution is 7.16. The lowest BCUT2D eigenvalue weighted by molar-refractivity contribution is 0.0740. The number of nitrogens with zero attached hydrogens (tertiary/aromatic N) is 4. The van der Waals surface area contributed by atoms with Crippen LogP contribution in [0.25, 0.3) is 0 Å². The van der Waals surface area contributed by atoms with Gasteiger partial charge in [0.1, 0.15) is 4.88 Å². The van der Waals surface area contributed by atoms with Crippen LogP contribution in [0.15, 0.2) is 16.8 Å². The van der Waals surface area contributed by atoms with Gasteiger partial charge in [-0.1, -0.05) is 15.8 Å². The Morgan fingerprint density at radius 1 is 1.36 bits per heavy atom. The Bertz CT molecular complexity index is 931. The molecule has 0 fully saturated rings. The Morgan fingerprint density at radius 3 is 2.96 bits per heavy atom. The van der Waals surface area contributed by atoms with Gasteiger partial charge in [0.25, 0.3) is 11.8 Å². The number of thiazole rings is 1. The maximum atomic E-state index is 12.6. The fourth-order valence-corrected chi connectivity index (χ4v) is 4.84. The van der Waals surface area contributed by atoms with Crippen LogP contribution >= 0.6 is 34.2 Å². The Morgan fingerprint density at radius 2 is 2.24 bits per heavy atom. The lowest BCUT2D eigenvalue weighted by Gasteiger charge is -2.25. The standard InChI is InChI=1S/C15H13N5O2S3/c1-8-12(25-19-18-8)14(22)20-4-2-10-11(6-20)24-15(16-10)17-13(21)9-3-5-23-7-9/h3,5,7H,2,4,6H2,1H3,(H,16,17,21). The van der Waals surface area contributed by atoms with Gasteiger partial charge in [0.15, 0.2) is 5.13 Å². The molecule has 0 aromatic carbocycles. The molecule has 0 saturated heterocycles. The fraction of sp³-hybridized carbons (Fsp3) is 0.267. The topological polar surface area (TPSA) is 88.1 Å². The molecule has 25 heavy (non-hydrogen) atoms. The van der Waals surface area contributed by atoms with Crippen molar-refractivity contribution in [1.29, 1.82) is 0 Å². The molecule has 3 aromatic heterocycles. The predicted molar refractivity (Wildman–Crippen MR) is 97.5 cm³/mol. The van der Waals surface area contributed by atoms with Gasteiger partial charge in [-0.15, -0.1) is 5.10 Å². The van der Waals surface area contributed by atoms with Crippen molar-refractivity contribution in [3.8, 4) is 0 Å². The van der Waals surface area contributed by atoms with Crippen LogP contribution in [0.2, 0.25) is 0 Å². The van der Waals surface area contributed by atoms with Gasteiger partial charge in [0, 0.05) is 23.2 Å². The largest absolute Gasteiger partial charge is 0.332 e. The molecule has 0 radical (unpaired) electrons. The summed E-state index contributed by atoms with van der Waals surface area (Å²) in [4.78, 5) is 32.6. The van der Waals surface area contributed by atoms with Crippen molar-refractivity contribution in [2.75, 3.05) is 11.9 Å². The third-order valence-electron chi connectivity index (χ3n) is 3.87. The van der Waals surface area contributed by atoms with Gasteiger partial charge in [0.2, 0.25) is 0 Å². The predicted octanol–water partition coefficient (Wildman–Crippen LogP) is 2.82. The average Bonchev–Trinajstić information content (AvgIpc) is 3.33. The Balaban J connectivity index is 1.49. The minimum Gasteiger partial charge on any atom is -0.332 e. The van der Waals surface area contributed by atoms with Crippen LogP contribution in [-0.2, 0) is 13.0 Å². The van der Waals surface area contributed by atoms with Crippen LogP contribution in [-0.4, -0.2) is 37.8 Å². The smallest absolute Gasteiger partial charge is 0.267 e. The molecule has 10 heteroatoms. The van der Waals surface area contributed by atoms with Crippen LogP contribution in [0.5, 0.6) is 0 Å². The van der Waals surface area contributed by atoms with E-state index in [1.165, 1.54) is 22.7 Å².